The summed E-state index contributed by atoms with van der Waals surface area (Å²) in [5, 5.41) is 12.2. The van der Waals surface area contributed by atoms with E-state index in [-0.39, 0.29) is 22.0 Å². The molecular formula is C14H21NO5S. The number of carbonyl (C=O) groups is 1. The van der Waals surface area contributed by atoms with Crippen molar-refractivity contribution in [3.05, 3.63) is 17.7 Å². The number of nitrogens with one attached hydrogen (secondary N) is 1. The average Bonchev–Trinajstić information content (AvgIpc) is 2.46. The zero-order valence-electron chi connectivity index (χ0n) is 12.5. The Labute approximate surface area is 125 Å². The highest BCUT2D eigenvalue weighted by Crippen LogP contribution is 2.31. The Bertz CT molecular complexity index is 610. The van der Waals surface area contributed by atoms with E-state index in [1.54, 1.807) is 0 Å². The number of benzene rings is 1. The normalized spacial score (nSPS) is 11.2. The standard InChI is InChI=1S/C14H21NO5S/c1-4-6-7-15-11-9-12(20-3)10(14(16)17)8-13(11)21(18,19)5-2/h8-9,15H,4-7H2,1-3H3,(H,16,17). The lowest BCUT2D eigenvalue weighted by Crippen LogP contribution is -2.12. The molecule has 0 heterocycles. The van der Waals surface area contributed by atoms with Crippen molar-refractivity contribution in [3.63, 3.8) is 0 Å². The number of unbranched alkanes of at least 4 members (excludes halogenated alkanes) is 1. The molecule has 0 fully saturated rings. The first-order valence-corrected chi connectivity index (χ1v) is 8.44. The molecule has 7 heteroatoms. The molecule has 0 aromatic heterocycles. The smallest absolute Gasteiger partial charge is 0.339 e. The van der Waals surface area contributed by atoms with Crippen LogP contribution < -0.4 is 10.1 Å². The molecule has 1 aromatic rings. The van der Waals surface area contributed by atoms with Gasteiger partial charge in [-0.15, -0.1) is 0 Å². The zero-order valence-corrected chi connectivity index (χ0v) is 13.3. The number of rotatable bonds is 8. The predicted octanol–water partition coefficient (Wildman–Crippen LogP) is 2.40. The van der Waals surface area contributed by atoms with Crippen LogP contribution in [0.1, 0.15) is 37.0 Å². The van der Waals surface area contributed by atoms with Crippen molar-refractivity contribution in [3.8, 4) is 5.75 Å². The van der Waals surface area contributed by atoms with Crippen LogP contribution in [-0.2, 0) is 9.84 Å². The molecule has 0 aliphatic rings. The molecule has 21 heavy (non-hydrogen) atoms. The van der Waals surface area contributed by atoms with Crippen molar-refractivity contribution < 1.29 is 23.1 Å². The van der Waals surface area contributed by atoms with E-state index in [4.69, 9.17) is 9.84 Å². The third-order valence-electron chi connectivity index (χ3n) is 3.09. The fraction of sp³-hybridized carbons (Fsp3) is 0.500. The van der Waals surface area contributed by atoms with Crippen LogP contribution in [0.15, 0.2) is 17.0 Å². The van der Waals surface area contributed by atoms with E-state index < -0.39 is 15.8 Å². The van der Waals surface area contributed by atoms with Crippen LogP contribution in [0, 0.1) is 0 Å². The van der Waals surface area contributed by atoms with E-state index in [0.717, 1.165) is 18.9 Å². The Hall–Kier alpha value is -1.76. The van der Waals surface area contributed by atoms with Gasteiger partial charge >= 0.3 is 5.97 Å². The van der Waals surface area contributed by atoms with Crippen molar-refractivity contribution in [2.45, 2.75) is 31.6 Å². The second kappa shape index (κ2) is 7.31. The van der Waals surface area contributed by atoms with Gasteiger partial charge in [0.15, 0.2) is 9.84 Å². The van der Waals surface area contributed by atoms with E-state index >= 15 is 0 Å². The van der Waals surface area contributed by atoms with Crippen LogP contribution in [0.5, 0.6) is 5.75 Å². The van der Waals surface area contributed by atoms with Gasteiger partial charge in [-0.3, -0.25) is 0 Å². The number of hydrogen-bond donors (Lipinski definition) is 2. The minimum absolute atomic E-state index is 0.000645. The highest BCUT2D eigenvalue weighted by molar-refractivity contribution is 7.91. The quantitative estimate of drug-likeness (QED) is 0.716. The Morgan fingerprint density at radius 2 is 2.00 bits per heavy atom. The molecule has 0 radical (unpaired) electrons. The molecule has 0 unspecified atom stereocenters. The average molecular weight is 315 g/mol. The Kier molecular flexibility index (Phi) is 6.02. The van der Waals surface area contributed by atoms with Crippen molar-refractivity contribution in [1.29, 1.82) is 0 Å². The highest BCUT2D eigenvalue weighted by Gasteiger charge is 2.22. The van der Waals surface area contributed by atoms with E-state index in [2.05, 4.69) is 5.32 Å². The first kappa shape index (κ1) is 17.3. The number of anilines is 1. The summed E-state index contributed by atoms with van der Waals surface area (Å²) < 4.78 is 29.3. The first-order chi connectivity index (χ1) is 9.87. The van der Waals surface area contributed by atoms with E-state index in [1.807, 2.05) is 6.92 Å². The lowest BCUT2D eigenvalue weighted by molar-refractivity contribution is 0.0693. The molecule has 6 nitrogen and oxygen atoms in total. The maximum atomic E-state index is 12.2. The van der Waals surface area contributed by atoms with Gasteiger partial charge in [0, 0.05) is 12.6 Å². The predicted molar refractivity (Wildman–Crippen MR) is 81.1 cm³/mol. The van der Waals surface area contributed by atoms with Gasteiger partial charge < -0.3 is 15.2 Å². The molecule has 0 amide bonds. The molecule has 0 atom stereocenters. The summed E-state index contributed by atoms with van der Waals surface area (Å²) in [6.07, 6.45) is 1.85. The SMILES string of the molecule is CCCCNc1cc(OC)c(C(=O)O)cc1S(=O)(=O)CC. The minimum atomic E-state index is -3.53. The summed E-state index contributed by atoms with van der Waals surface area (Å²) >= 11 is 0. The maximum absolute atomic E-state index is 12.2. The summed E-state index contributed by atoms with van der Waals surface area (Å²) in [7, 11) is -2.18. The van der Waals surface area contributed by atoms with Crippen molar-refractivity contribution in [2.75, 3.05) is 24.7 Å². The van der Waals surface area contributed by atoms with Crippen molar-refractivity contribution >= 4 is 21.5 Å². The summed E-state index contributed by atoms with van der Waals surface area (Å²) in [4.78, 5) is 11.2. The number of sulfone groups is 1. The van der Waals surface area contributed by atoms with Gasteiger partial charge in [-0.2, -0.15) is 0 Å². The molecule has 0 saturated carbocycles. The number of carboxylic acids is 1. The molecule has 0 saturated heterocycles. The number of hydrogen-bond acceptors (Lipinski definition) is 5. The lowest BCUT2D eigenvalue weighted by Gasteiger charge is -2.15. The lowest BCUT2D eigenvalue weighted by atomic mass is 10.1. The summed E-state index contributed by atoms with van der Waals surface area (Å²) in [6, 6.07) is 2.59. The maximum Gasteiger partial charge on any atom is 0.339 e. The Morgan fingerprint density at radius 1 is 1.33 bits per heavy atom. The topological polar surface area (TPSA) is 92.7 Å². The fourth-order valence-electron chi connectivity index (χ4n) is 1.85. The number of carboxylic acid groups (broad SMARTS) is 1. The van der Waals surface area contributed by atoms with Gasteiger partial charge in [-0.1, -0.05) is 20.3 Å². The van der Waals surface area contributed by atoms with Crippen LogP contribution in [-0.4, -0.2) is 38.9 Å². The number of methoxy groups -OCH3 is 1. The molecule has 2 N–H and O–H groups in total. The van der Waals surface area contributed by atoms with Gasteiger partial charge in [-0.25, -0.2) is 13.2 Å². The van der Waals surface area contributed by atoms with Crippen molar-refractivity contribution in [1.82, 2.24) is 0 Å². The Balaban J connectivity index is 3.41. The second-order valence-corrected chi connectivity index (χ2v) is 6.78. The molecule has 1 aromatic carbocycles. The largest absolute Gasteiger partial charge is 0.496 e. The molecule has 118 valence electrons. The van der Waals surface area contributed by atoms with Crippen molar-refractivity contribution in [2.24, 2.45) is 0 Å². The third-order valence-corrected chi connectivity index (χ3v) is 4.86. The molecule has 0 bridgehead atoms. The minimum Gasteiger partial charge on any atom is -0.496 e. The number of ether oxygens (including phenoxy) is 1. The van der Waals surface area contributed by atoms with Crippen LogP contribution in [0.25, 0.3) is 0 Å². The fourth-order valence-corrected chi connectivity index (χ4v) is 2.92. The number of aromatic carboxylic acids is 1. The van der Waals surface area contributed by atoms with Crippen LogP contribution >= 0.6 is 0 Å². The first-order valence-electron chi connectivity index (χ1n) is 6.79. The molecule has 0 aliphatic carbocycles. The summed E-state index contributed by atoms with van der Waals surface area (Å²) in [5.41, 5.74) is 0.220. The van der Waals surface area contributed by atoms with Gasteiger partial charge in [0.2, 0.25) is 0 Å². The zero-order chi connectivity index (χ0) is 16.0. The summed E-state index contributed by atoms with van der Waals surface area (Å²) in [6.45, 7) is 4.16. The van der Waals surface area contributed by atoms with Gasteiger partial charge in [0.1, 0.15) is 11.3 Å². The van der Waals surface area contributed by atoms with E-state index in [0.29, 0.717) is 12.2 Å². The van der Waals surface area contributed by atoms with Gasteiger partial charge in [0.25, 0.3) is 0 Å². The monoisotopic (exact) mass is 315 g/mol. The van der Waals surface area contributed by atoms with E-state index in [9.17, 15) is 13.2 Å². The van der Waals surface area contributed by atoms with E-state index in [1.165, 1.54) is 20.1 Å². The van der Waals surface area contributed by atoms with Crippen LogP contribution in [0.3, 0.4) is 0 Å². The summed E-state index contributed by atoms with van der Waals surface area (Å²) in [5.74, 6) is -1.18. The van der Waals surface area contributed by atoms with Crippen LogP contribution in [0.2, 0.25) is 0 Å². The van der Waals surface area contributed by atoms with Gasteiger partial charge in [-0.05, 0) is 12.5 Å². The van der Waals surface area contributed by atoms with Gasteiger partial charge in [0.05, 0.1) is 23.4 Å². The third kappa shape index (κ3) is 4.10. The molecule has 0 aliphatic heterocycles. The second-order valence-electron chi connectivity index (χ2n) is 4.54. The Morgan fingerprint density at radius 3 is 2.48 bits per heavy atom. The van der Waals surface area contributed by atoms with Crippen LogP contribution in [0.4, 0.5) is 5.69 Å². The molecule has 0 spiro atoms. The molecular weight excluding hydrogens is 294 g/mol. The molecule has 1 rings (SSSR count). The highest BCUT2D eigenvalue weighted by atomic mass is 32.2.